The number of methoxy groups -OCH3 is 1. The van der Waals surface area contributed by atoms with Crippen molar-refractivity contribution in [2.24, 2.45) is 5.73 Å². The van der Waals surface area contributed by atoms with Crippen LogP contribution < -0.4 is 22.1 Å². The van der Waals surface area contributed by atoms with E-state index in [9.17, 15) is 24.0 Å². The number of hydrogen-bond donors (Lipinski definition) is 3. The van der Waals surface area contributed by atoms with Crippen molar-refractivity contribution in [1.82, 2.24) is 24.7 Å². The predicted octanol–water partition coefficient (Wildman–Crippen LogP) is 1.25. The molecule has 42 heavy (non-hydrogen) atoms. The normalized spacial score (nSPS) is 14.5. The fraction of sp³-hybridized carbons (Fsp3) is 0.500. The Morgan fingerprint density at radius 2 is 1.57 bits per heavy atom. The highest BCUT2D eigenvalue weighted by atomic mass is 16.6. The molecule has 1 aliphatic heterocycles. The van der Waals surface area contributed by atoms with Crippen molar-refractivity contribution in [3.8, 4) is 5.69 Å². The zero-order valence-electron chi connectivity index (χ0n) is 24.8. The number of amides is 4. The standard InChI is InChI=1S/C28H39N7O7/c1-27(2,3)42-26(40)32-28(4,5)23(37)33-13-15-34(16-14-33)24(38)30-21-11-12-35(25(39)31-21)19-9-7-18(8-10-19)17-20(29)22(36)41-6/h7-12,20H,13-17,29H2,1-6H3,(H,32,40)(H,30,31,38,39)/t20-/m1/s1. The van der Waals surface area contributed by atoms with Crippen molar-refractivity contribution in [2.45, 2.75) is 58.2 Å². The van der Waals surface area contributed by atoms with Crippen molar-refractivity contribution >= 4 is 29.8 Å². The molecule has 1 aromatic carbocycles. The molecule has 228 valence electrons. The molecule has 0 aliphatic carbocycles. The lowest BCUT2D eigenvalue weighted by Gasteiger charge is -2.38. The third-order valence-electron chi connectivity index (χ3n) is 6.41. The van der Waals surface area contributed by atoms with Gasteiger partial charge in [-0.2, -0.15) is 4.98 Å². The molecule has 0 saturated carbocycles. The molecule has 14 nitrogen and oxygen atoms in total. The molecule has 2 aromatic rings. The largest absolute Gasteiger partial charge is 0.468 e. The Hall–Kier alpha value is -4.46. The Balaban J connectivity index is 1.54. The van der Waals surface area contributed by atoms with Gasteiger partial charge in [-0.05, 0) is 64.8 Å². The topological polar surface area (TPSA) is 178 Å². The molecule has 0 unspecified atom stereocenters. The van der Waals surface area contributed by atoms with Crippen LogP contribution in [-0.2, 0) is 25.5 Å². The Morgan fingerprint density at radius 1 is 0.976 bits per heavy atom. The third kappa shape index (κ3) is 8.52. The van der Waals surface area contributed by atoms with Gasteiger partial charge in [0.05, 0.1) is 12.8 Å². The highest BCUT2D eigenvalue weighted by molar-refractivity contribution is 5.90. The van der Waals surface area contributed by atoms with Crippen molar-refractivity contribution in [2.75, 3.05) is 38.6 Å². The Kier molecular flexibility index (Phi) is 9.94. The van der Waals surface area contributed by atoms with E-state index in [4.69, 9.17) is 10.5 Å². The van der Waals surface area contributed by atoms with Crippen molar-refractivity contribution in [3.05, 3.63) is 52.6 Å². The summed E-state index contributed by atoms with van der Waals surface area (Å²) in [5, 5.41) is 5.24. The van der Waals surface area contributed by atoms with Crippen molar-refractivity contribution in [3.63, 3.8) is 0 Å². The number of nitrogens with two attached hydrogens (primary N) is 1. The first kappa shape index (κ1) is 32.1. The number of carbonyl (C=O) groups is 4. The summed E-state index contributed by atoms with van der Waals surface area (Å²) >= 11 is 0. The van der Waals surface area contributed by atoms with Crippen LogP contribution in [0.5, 0.6) is 0 Å². The summed E-state index contributed by atoms with van der Waals surface area (Å²) in [5.41, 5.74) is 4.65. The number of nitrogens with zero attached hydrogens (tertiary/aromatic N) is 4. The van der Waals surface area contributed by atoms with E-state index in [0.29, 0.717) is 5.69 Å². The summed E-state index contributed by atoms with van der Waals surface area (Å²) in [7, 11) is 1.27. The zero-order chi connectivity index (χ0) is 31.2. The molecule has 1 fully saturated rings. The van der Waals surface area contributed by atoms with Crippen LogP contribution in [0.3, 0.4) is 0 Å². The minimum absolute atomic E-state index is 0.0862. The van der Waals surface area contributed by atoms with E-state index in [2.05, 4.69) is 20.4 Å². The molecule has 0 radical (unpaired) electrons. The summed E-state index contributed by atoms with van der Waals surface area (Å²) < 4.78 is 11.2. The number of esters is 1. The lowest BCUT2D eigenvalue weighted by Crippen LogP contribution is -2.60. The Morgan fingerprint density at radius 3 is 2.12 bits per heavy atom. The van der Waals surface area contributed by atoms with E-state index in [1.807, 2.05) is 0 Å². The van der Waals surface area contributed by atoms with E-state index in [1.165, 1.54) is 28.8 Å². The molecule has 0 bridgehead atoms. The number of rotatable bonds is 7. The Bertz CT molecular complexity index is 1360. The van der Waals surface area contributed by atoms with Gasteiger partial charge in [-0.3, -0.25) is 19.5 Å². The van der Waals surface area contributed by atoms with Crippen molar-refractivity contribution < 1.29 is 28.7 Å². The predicted molar refractivity (Wildman–Crippen MR) is 154 cm³/mol. The summed E-state index contributed by atoms with van der Waals surface area (Å²) in [4.78, 5) is 69.3. The van der Waals surface area contributed by atoms with Gasteiger partial charge in [-0.25, -0.2) is 14.4 Å². The number of hydrogen-bond acceptors (Lipinski definition) is 9. The smallest absolute Gasteiger partial charge is 0.408 e. The second-order valence-electron chi connectivity index (χ2n) is 11.4. The molecule has 1 aliphatic rings. The molecule has 1 atom stereocenters. The summed E-state index contributed by atoms with van der Waals surface area (Å²) in [6, 6.07) is 7.16. The molecule has 1 saturated heterocycles. The first-order chi connectivity index (χ1) is 19.6. The van der Waals surface area contributed by atoms with Gasteiger partial charge >= 0.3 is 23.8 Å². The lowest BCUT2D eigenvalue weighted by molar-refractivity contribution is -0.142. The van der Waals surface area contributed by atoms with E-state index in [-0.39, 0.29) is 44.3 Å². The van der Waals surface area contributed by atoms with Crippen molar-refractivity contribution in [1.29, 1.82) is 0 Å². The average Bonchev–Trinajstić information content (AvgIpc) is 2.91. The lowest BCUT2D eigenvalue weighted by atomic mass is 10.0. The van der Waals surface area contributed by atoms with Gasteiger partial charge in [0, 0.05) is 32.4 Å². The van der Waals surface area contributed by atoms with Gasteiger partial charge in [0.25, 0.3) is 0 Å². The maximum atomic E-state index is 13.0. The second-order valence-corrected chi connectivity index (χ2v) is 11.4. The second kappa shape index (κ2) is 13.0. The molecule has 0 spiro atoms. The first-order valence-electron chi connectivity index (χ1n) is 13.5. The molecule has 14 heteroatoms. The summed E-state index contributed by atoms with van der Waals surface area (Å²) in [6.07, 6.45) is 1.09. The molecular weight excluding hydrogens is 546 g/mol. The summed E-state index contributed by atoms with van der Waals surface area (Å²) in [6.45, 7) is 9.44. The number of anilines is 1. The monoisotopic (exact) mass is 585 g/mol. The van der Waals surface area contributed by atoms with Gasteiger partial charge in [0.15, 0.2) is 0 Å². The third-order valence-corrected chi connectivity index (χ3v) is 6.41. The highest BCUT2D eigenvalue weighted by Gasteiger charge is 2.36. The van der Waals surface area contributed by atoms with Gasteiger partial charge in [0.2, 0.25) is 5.91 Å². The Labute approximate surface area is 244 Å². The van der Waals surface area contributed by atoms with Crippen LogP contribution in [0.2, 0.25) is 0 Å². The maximum absolute atomic E-state index is 13.0. The van der Waals surface area contributed by atoms with E-state index in [1.54, 1.807) is 63.8 Å². The van der Waals surface area contributed by atoms with Gasteiger partial charge in [-0.15, -0.1) is 0 Å². The summed E-state index contributed by atoms with van der Waals surface area (Å²) in [5.74, 6) is -0.717. The molecule has 2 heterocycles. The number of alkyl carbamates (subject to hydrolysis) is 1. The quantitative estimate of drug-likeness (QED) is 0.403. The maximum Gasteiger partial charge on any atom is 0.408 e. The van der Waals surface area contributed by atoms with E-state index in [0.717, 1.165) is 5.56 Å². The first-order valence-corrected chi connectivity index (χ1v) is 13.5. The molecule has 3 rings (SSSR count). The van der Waals surface area contributed by atoms with Gasteiger partial charge in [0.1, 0.15) is 23.0 Å². The fourth-order valence-electron chi connectivity index (χ4n) is 4.26. The number of nitrogens with one attached hydrogen (secondary N) is 2. The number of aromatic nitrogens is 2. The minimum Gasteiger partial charge on any atom is -0.468 e. The number of benzene rings is 1. The van der Waals surface area contributed by atoms with Gasteiger partial charge < -0.3 is 30.3 Å². The minimum atomic E-state index is -1.20. The average molecular weight is 586 g/mol. The highest BCUT2D eigenvalue weighted by Crippen LogP contribution is 2.15. The van der Waals surface area contributed by atoms with Crippen LogP contribution >= 0.6 is 0 Å². The number of urea groups is 1. The van der Waals surface area contributed by atoms with Crippen LogP contribution in [-0.4, -0.2) is 93.8 Å². The SMILES string of the molecule is COC(=O)[C@H](N)Cc1ccc(-n2ccc(NC(=O)N3CCN(C(=O)C(C)(C)NC(=O)OC(C)(C)C)CC3)nc2=O)cc1. The molecular formula is C28H39N7O7. The van der Waals surface area contributed by atoms with E-state index >= 15 is 0 Å². The molecule has 1 aromatic heterocycles. The van der Waals surface area contributed by atoms with E-state index < -0.39 is 41.0 Å². The van der Waals surface area contributed by atoms with Crippen LogP contribution in [0.4, 0.5) is 15.4 Å². The fourth-order valence-corrected chi connectivity index (χ4v) is 4.26. The van der Waals surface area contributed by atoms with Crippen LogP contribution in [0.25, 0.3) is 5.69 Å². The number of ether oxygens (including phenoxy) is 2. The zero-order valence-corrected chi connectivity index (χ0v) is 24.8. The number of carbonyl (C=O) groups excluding carboxylic acids is 4. The molecule has 4 amide bonds. The number of piperazine rings is 1. The van der Waals surface area contributed by atoms with Crippen LogP contribution in [0, 0.1) is 0 Å². The van der Waals surface area contributed by atoms with Crippen LogP contribution in [0.15, 0.2) is 41.3 Å². The van der Waals surface area contributed by atoms with Crippen LogP contribution in [0.1, 0.15) is 40.2 Å². The van der Waals surface area contributed by atoms with Gasteiger partial charge in [-0.1, -0.05) is 12.1 Å². The molecule has 4 N–H and O–H groups in total.